The predicted octanol–water partition coefficient (Wildman–Crippen LogP) is 2.49. The molecule has 1 aliphatic rings. The van der Waals surface area contributed by atoms with Crippen LogP contribution in [0.4, 0.5) is 0 Å². The molecule has 1 aromatic heterocycles. The van der Waals surface area contributed by atoms with E-state index in [1.165, 1.54) is 4.31 Å². The van der Waals surface area contributed by atoms with Crippen LogP contribution in [0.5, 0.6) is 0 Å². The highest BCUT2D eigenvalue weighted by Crippen LogP contribution is 2.32. The summed E-state index contributed by atoms with van der Waals surface area (Å²) in [5.41, 5.74) is 0.797. The first-order valence-corrected chi connectivity index (χ1v) is 9.14. The average molecular weight is 375 g/mol. The third kappa shape index (κ3) is 2.91. The Morgan fingerprint density at radius 3 is 2.94 bits per heavy atom. The summed E-state index contributed by atoms with van der Waals surface area (Å²) in [6.07, 6.45) is -0.0925. The zero-order valence-corrected chi connectivity index (χ0v) is 13.7. The molecule has 102 valence electrons. The molecule has 2 heterocycles. The van der Waals surface area contributed by atoms with Gasteiger partial charge in [-0.2, -0.15) is 4.31 Å². The number of nitrogens with zero attached hydrogens (tertiary/aromatic N) is 1. The average Bonchev–Trinajstić information content (AvgIpc) is 2.70. The van der Waals surface area contributed by atoms with Crippen LogP contribution < -0.4 is 0 Å². The van der Waals surface area contributed by atoms with Gasteiger partial charge in [-0.05, 0) is 18.6 Å². The van der Waals surface area contributed by atoms with E-state index >= 15 is 0 Å². The Kier molecular flexibility index (Phi) is 4.72. The normalized spacial score (nSPS) is 22.3. The Bertz CT molecular complexity index is 512. The standard InChI is InChI=1S/C10H13BrClNO3S2/c1-7-4-9(17-10(7)12)18(14,15)13-2-3-16-8(5-11)6-13/h4,8H,2-3,5-6H2,1H3. The molecule has 18 heavy (non-hydrogen) atoms. The molecule has 8 heteroatoms. The van der Waals surface area contributed by atoms with Gasteiger partial charge in [0.25, 0.3) is 10.0 Å². The number of sulfonamides is 1. The summed E-state index contributed by atoms with van der Waals surface area (Å²) in [5.74, 6) is 0. The molecular weight excluding hydrogens is 362 g/mol. The Morgan fingerprint density at radius 1 is 1.67 bits per heavy atom. The van der Waals surface area contributed by atoms with Crippen molar-refractivity contribution in [1.82, 2.24) is 4.31 Å². The summed E-state index contributed by atoms with van der Waals surface area (Å²) in [6, 6.07) is 1.63. The van der Waals surface area contributed by atoms with Crippen molar-refractivity contribution >= 4 is 48.9 Å². The van der Waals surface area contributed by atoms with Gasteiger partial charge in [0.05, 0.1) is 17.0 Å². The monoisotopic (exact) mass is 373 g/mol. The molecule has 0 spiro atoms. The van der Waals surface area contributed by atoms with Gasteiger partial charge in [0.15, 0.2) is 0 Å². The number of halogens is 2. The van der Waals surface area contributed by atoms with Crippen LogP contribution in [0.3, 0.4) is 0 Å². The van der Waals surface area contributed by atoms with E-state index in [0.717, 1.165) is 16.9 Å². The molecule has 1 saturated heterocycles. The molecule has 0 N–H and O–H groups in total. The van der Waals surface area contributed by atoms with Gasteiger partial charge in [-0.3, -0.25) is 0 Å². The second-order valence-corrected chi connectivity index (χ2v) is 8.50. The number of aryl methyl sites for hydroxylation is 1. The summed E-state index contributed by atoms with van der Waals surface area (Å²) in [7, 11) is -3.44. The maximum atomic E-state index is 12.4. The van der Waals surface area contributed by atoms with E-state index in [0.29, 0.717) is 33.6 Å². The Morgan fingerprint density at radius 2 is 2.39 bits per heavy atom. The van der Waals surface area contributed by atoms with E-state index in [1.807, 2.05) is 0 Å². The summed E-state index contributed by atoms with van der Waals surface area (Å²) in [4.78, 5) is 0. The maximum absolute atomic E-state index is 12.4. The fourth-order valence-electron chi connectivity index (χ4n) is 1.69. The number of ether oxygens (including phenoxy) is 1. The topological polar surface area (TPSA) is 46.6 Å². The number of thiophene rings is 1. The zero-order valence-electron chi connectivity index (χ0n) is 9.73. The Labute approximate surface area is 124 Å². The molecule has 4 nitrogen and oxygen atoms in total. The second kappa shape index (κ2) is 5.76. The molecule has 0 aliphatic carbocycles. The lowest BCUT2D eigenvalue weighted by Crippen LogP contribution is -2.45. The lowest BCUT2D eigenvalue weighted by molar-refractivity contribution is 0.0137. The minimum Gasteiger partial charge on any atom is -0.375 e. The molecule has 1 fully saturated rings. The molecule has 1 aromatic rings. The fraction of sp³-hybridized carbons (Fsp3) is 0.600. The number of hydrogen-bond acceptors (Lipinski definition) is 4. The predicted molar refractivity (Wildman–Crippen MR) is 76.4 cm³/mol. The van der Waals surface area contributed by atoms with Gasteiger partial charge < -0.3 is 4.74 Å². The van der Waals surface area contributed by atoms with Crippen LogP contribution in [0.15, 0.2) is 10.3 Å². The van der Waals surface area contributed by atoms with Gasteiger partial charge in [0, 0.05) is 18.4 Å². The molecule has 0 bridgehead atoms. The highest BCUT2D eigenvalue weighted by molar-refractivity contribution is 9.09. The Balaban J connectivity index is 2.25. The van der Waals surface area contributed by atoms with Crippen molar-refractivity contribution < 1.29 is 13.2 Å². The van der Waals surface area contributed by atoms with Crippen LogP contribution in [0, 0.1) is 6.92 Å². The van der Waals surface area contributed by atoms with E-state index in [-0.39, 0.29) is 6.10 Å². The number of alkyl halides is 1. The molecule has 1 unspecified atom stereocenters. The van der Waals surface area contributed by atoms with Gasteiger partial charge >= 0.3 is 0 Å². The van der Waals surface area contributed by atoms with Crippen molar-refractivity contribution in [2.24, 2.45) is 0 Å². The van der Waals surface area contributed by atoms with Crippen LogP contribution >= 0.6 is 38.9 Å². The molecule has 0 saturated carbocycles. The van der Waals surface area contributed by atoms with Gasteiger partial charge in [0.1, 0.15) is 4.21 Å². The SMILES string of the molecule is Cc1cc(S(=O)(=O)N2CCOC(CBr)C2)sc1Cl. The summed E-state index contributed by atoms with van der Waals surface area (Å²) in [5, 5.41) is 0.628. The molecule has 0 radical (unpaired) electrons. The third-order valence-electron chi connectivity index (χ3n) is 2.70. The van der Waals surface area contributed by atoms with Crippen molar-refractivity contribution in [2.75, 3.05) is 25.0 Å². The number of morpholine rings is 1. The largest absolute Gasteiger partial charge is 0.375 e. The first-order chi connectivity index (χ1) is 8.45. The number of hydrogen-bond donors (Lipinski definition) is 0. The smallest absolute Gasteiger partial charge is 0.252 e. The lowest BCUT2D eigenvalue weighted by Gasteiger charge is -2.30. The van der Waals surface area contributed by atoms with Crippen molar-refractivity contribution in [2.45, 2.75) is 17.2 Å². The van der Waals surface area contributed by atoms with Crippen LogP contribution in [-0.4, -0.2) is 43.9 Å². The van der Waals surface area contributed by atoms with Gasteiger partial charge in [-0.15, -0.1) is 11.3 Å². The zero-order chi connectivity index (χ0) is 13.3. The fourth-order valence-corrected chi connectivity index (χ4v) is 5.40. The quantitative estimate of drug-likeness (QED) is 0.764. The van der Waals surface area contributed by atoms with E-state index < -0.39 is 10.0 Å². The van der Waals surface area contributed by atoms with Crippen LogP contribution in [0.1, 0.15) is 5.56 Å². The van der Waals surface area contributed by atoms with Crippen molar-refractivity contribution in [3.05, 3.63) is 16.0 Å². The van der Waals surface area contributed by atoms with Crippen molar-refractivity contribution in [3.8, 4) is 0 Å². The molecule has 1 atom stereocenters. The lowest BCUT2D eigenvalue weighted by atomic mass is 10.3. The summed E-state index contributed by atoms with van der Waals surface area (Å²) < 4.78 is 32.6. The first kappa shape index (κ1) is 14.7. The van der Waals surface area contributed by atoms with E-state index in [2.05, 4.69) is 15.9 Å². The van der Waals surface area contributed by atoms with E-state index in [1.54, 1.807) is 13.0 Å². The van der Waals surface area contributed by atoms with Gasteiger partial charge in [-0.25, -0.2) is 8.42 Å². The van der Waals surface area contributed by atoms with Crippen molar-refractivity contribution in [1.29, 1.82) is 0 Å². The highest BCUT2D eigenvalue weighted by Gasteiger charge is 2.31. The molecule has 1 aliphatic heterocycles. The molecule has 2 rings (SSSR count). The highest BCUT2D eigenvalue weighted by atomic mass is 79.9. The molecule has 0 aromatic carbocycles. The van der Waals surface area contributed by atoms with Crippen molar-refractivity contribution in [3.63, 3.8) is 0 Å². The third-order valence-corrected chi connectivity index (χ3v) is 7.29. The first-order valence-electron chi connectivity index (χ1n) is 5.39. The van der Waals surface area contributed by atoms with Crippen LogP contribution in [-0.2, 0) is 14.8 Å². The van der Waals surface area contributed by atoms with E-state index in [9.17, 15) is 8.42 Å². The molecular formula is C10H13BrClNO3S2. The Hall–Kier alpha value is 0.340. The summed E-state index contributed by atoms with van der Waals surface area (Å²) in [6.45, 7) is 2.99. The minimum atomic E-state index is -3.44. The van der Waals surface area contributed by atoms with E-state index in [4.69, 9.17) is 16.3 Å². The summed E-state index contributed by atoms with van der Waals surface area (Å²) >= 11 is 10.4. The number of rotatable bonds is 3. The minimum absolute atomic E-state index is 0.0925. The van der Waals surface area contributed by atoms with Crippen LogP contribution in [0.2, 0.25) is 4.34 Å². The second-order valence-electron chi connectivity index (χ2n) is 4.03. The van der Waals surface area contributed by atoms with Gasteiger partial charge in [0.2, 0.25) is 0 Å². The maximum Gasteiger partial charge on any atom is 0.252 e. The molecule has 0 amide bonds. The van der Waals surface area contributed by atoms with Gasteiger partial charge in [-0.1, -0.05) is 27.5 Å². The van der Waals surface area contributed by atoms with Crippen LogP contribution in [0.25, 0.3) is 0 Å².